The van der Waals surface area contributed by atoms with E-state index in [2.05, 4.69) is 21.4 Å². The molecule has 0 saturated carbocycles. The molecule has 10 nitrogen and oxygen atoms in total. The number of anilines is 2. The second kappa shape index (κ2) is 9.91. The zero-order valence-corrected chi connectivity index (χ0v) is 18.0. The molecule has 0 radical (unpaired) electrons. The molecule has 1 unspecified atom stereocenters. The smallest absolute Gasteiger partial charge is 0.328 e. The molecule has 2 aromatic heterocycles. The van der Waals surface area contributed by atoms with E-state index in [-0.39, 0.29) is 18.0 Å². The maximum atomic E-state index is 13.1. The number of nitrogens with zero attached hydrogens (tertiary/aromatic N) is 4. The fourth-order valence-corrected chi connectivity index (χ4v) is 3.77. The SMILES string of the molecule is COC(OC)c1ccc2c(n1)N(C(=O)Nc1cc(OC3CCOC3)c(C#N)cn1)CCC2. The number of nitriles is 1. The van der Waals surface area contributed by atoms with Crippen molar-refractivity contribution in [2.24, 2.45) is 0 Å². The summed E-state index contributed by atoms with van der Waals surface area (Å²) in [5, 5.41) is 12.2. The van der Waals surface area contributed by atoms with Gasteiger partial charge in [0.2, 0.25) is 6.29 Å². The summed E-state index contributed by atoms with van der Waals surface area (Å²) in [6.45, 7) is 1.61. The first-order chi connectivity index (χ1) is 15.6. The number of ether oxygens (including phenoxy) is 4. The monoisotopic (exact) mass is 439 g/mol. The van der Waals surface area contributed by atoms with Gasteiger partial charge in [-0.3, -0.25) is 10.2 Å². The number of methoxy groups -OCH3 is 2. The van der Waals surface area contributed by atoms with Gasteiger partial charge in [-0.05, 0) is 24.5 Å². The fraction of sp³-hybridized carbons (Fsp3) is 0.455. The largest absolute Gasteiger partial charge is 0.486 e. The molecule has 4 heterocycles. The Hall–Kier alpha value is -3.26. The van der Waals surface area contributed by atoms with Gasteiger partial charge in [-0.1, -0.05) is 6.07 Å². The lowest BCUT2D eigenvalue weighted by Crippen LogP contribution is -2.39. The highest BCUT2D eigenvalue weighted by molar-refractivity contribution is 6.01. The van der Waals surface area contributed by atoms with Crippen molar-refractivity contribution < 1.29 is 23.7 Å². The summed E-state index contributed by atoms with van der Waals surface area (Å²) >= 11 is 0. The van der Waals surface area contributed by atoms with Crippen LogP contribution in [0.25, 0.3) is 0 Å². The molecule has 0 spiro atoms. The van der Waals surface area contributed by atoms with Crippen LogP contribution >= 0.6 is 0 Å². The normalized spacial score (nSPS) is 17.7. The number of hydrogen-bond donors (Lipinski definition) is 1. The highest BCUT2D eigenvalue weighted by atomic mass is 16.7. The third-order valence-electron chi connectivity index (χ3n) is 5.38. The van der Waals surface area contributed by atoms with Gasteiger partial charge in [-0.25, -0.2) is 14.8 Å². The Morgan fingerprint density at radius 2 is 2.22 bits per heavy atom. The summed E-state index contributed by atoms with van der Waals surface area (Å²) in [5.74, 6) is 1.23. The van der Waals surface area contributed by atoms with Gasteiger partial charge >= 0.3 is 6.03 Å². The maximum Gasteiger partial charge on any atom is 0.328 e. The molecule has 32 heavy (non-hydrogen) atoms. The number of hydrogen-bond acceptors (Lipinski definition) is 8. The summed E-state index contributed by atoms with van der Waals surface area (Å²) in [7, 11) is 3.07. The number of aromatic nitrogens is 2. The Morgan fingerprint density at radius 3 is 2.94 bits per heavy atom. The van der Waals surface area contributed by atoms with Crippen molar-refractivity contribution in [1.82, 2.24) is 9.97 Å². The lowest BCUT2D eigenvalue weighted by atomic mass is 10.1. The van der Waals surface area contributed by atoms with Crippen LogP contribution in [-0.2, 0) is 20.6 Å². The molecule has 0 bridgehead atoms. The van der Waals surface area contributed by atoms with Crippen LogP contribution in [-0.4, -0.2) is 56.1 Å². The number of pyridine rings is 2. The Bertz CT molecular complexity index is 1010. The van der Waals surface area contributed by atoms with Crippen molar-refractivity contribution in [3.63, 3.8) is 0 Å². The van der Waals surface area contributed by atoms with Gasteiger partial charge in [0.25, 0.3) is 0 Å². The lowest BCUT2D eigenvalue weighted by Gasteiger charge is -2.29. The molecule has 0 aromatic carbocycles. The third-order valence-corrected chi connectivity index (χ3v) is 5.38. The van der Waals surface area contributed by atoms with Crippen molar-refractivity contribution in [3.05, 3.63) is 41.2 Å². The molecule has 1 fully saturated rings. The van der Waals surface area contributed by atoms with Crippen molar-refractivity contribution in [1.29, 1.82) is 5.26 Å². The molecule has 1 saturated heterocycles. The first-order valence-corrected chi connectivity index (χ1v) is 10.4. The van der Waals surface area contributed by atoms with Crippen LogP contribution in [0.4, 0.5) is 16.4 Å². The van der Waals surface area contributed by atoms with Crippen molar-refractivity contribution in [2.75, 3.05) is 44.2 Å². The van der Waals surface area contributed by atoms with Crippen LogP contribution in [0.5, 0.6) is 5.75 Å². The zero-order chi connectivity index (χ0) is 22.5. The van der Waals surface area contributed by atoms with Crippen molar-refractivity contribution >= 4 is 17.7 Å². The van der Waals surface area contributed by atoms with E-state index in [1.807, 2.05) is 12.1 Å². The summed E-state index contributed by atoms with van der Waals surface area (Å²) in [4.78, 5) is 23.5. The number of urea groups is 1. The quantitative estimate of drug-likeness (QED) is 0.683. The van der Waals surface area contributed by atoms with Gasteiger partial charge in [-0.15, -0.1) is 0 Å². The van der Waals surface area contributed by atoms with E-state index in [1.54, 1.807) is 11.0 Å². The highest BCUT2D eigenvalue weighted by Gasteiger charge is 2.27. The number of fused-ring (bicyclic) bond motifs is 1. The molecule has 2 aliphatic heterocycles. The van der Waals surface area contributed by atoms with Crippen LogP contribution in [0.1, 0.15) is 36.0 Å². The molecule has 2 aliphatic rings. The predicted molar refractivity (Wildman–Crippen MR) is 114 cm³/mol. The van der Waals surface area contributed by atoms with Crippen LogP contribution in [0, 0.1) is 11.3 Å². The summed E-state index contributed by atoms with van der Waals surface area (Å²) in [6.07, 6.45) is 3.04. The van der Waals surface area contributed by atoms with Gasteiger partial charge in [-0.2, -0.15) is 5.26 Å². The van der Waals surface area contributed by atoms with Crippen LogP contribution in [0.15, 0.2) is 24.4 Å². The first kappa shape index (κ1) is 22.0. The lowest BCUT2D eigenvalue weighted by molar-refractivity contribution is -0.108. The second-order valence-electron chi connectivity index (χ2n) is 7.49. The van der Waals surface area contributed by atoms with E-state index in [1.165, 1.54) is 20.4 Å². The Morgan fingerprint density at radius 1 is 1.38 bits per heavy atom. The molecular weight excluding hydrogens is 414 g/mol. The highest BCUT2D eigenvalue weighted by Crippen LogP contribution is 2.29. The van der Waals surface area contributed by atoms with Gasteiger partial charge in [0.1, 0.15) is 35.1 Å². The van der Waals surface area contributed by atoms with E-state index < -0.39 is 6.29 Å². The molecule has 1 atom stereocenters. The van der Waals surface area contributed by atoms with Crippen molar-refractivity contribution in [2.45, 2.75) is 31.7 Å². The minimum Gasteiger partial charge on any atom is -0.486 e. The molecule has 10 heteroatoms. The first-order valence-electron chi connectivity index (χ1n) is 10.4. The van der Waals surface area contributed by atoms with E-state index in [9.17, 15) is 10.1 Å². The average molecular weight is 439 g/mol. The van der Waals surface area contributed by atoms with Gasteiger partial charge in [0.05, 0.1) is 25.1 Å². The topological polar surface area (TPSA) is 119 Å². The number of amides is 2. The molecule has 0 aliphatic carbocycles. The molecule has 2 aromatic rings. The molecular formula is C22H25N5O5. The number of nitrogens with one attached hydrogen (secondary N) is 1. The number of carbonyl (C=O) groups is 1. The molecule has 4 rings (SSSR count). The summed E-state index contributed by atoms with van der Waals surface area (Å²) in [5.41, 5.74) is 1.85. The Labute approximate surface area is 186 Å². The van der Waals surface area contributed by atoms with Crippen LogP contribution in [0.2, 0.25) is 0 Å². The zero-order valence-electron chi connectivity index (χ0n) is 18.0. The van der Waals surface area contributed by atoms with Crippen LogP contribution in [0.3, 0.4) is 0 Å². The summed E-state index contributed by atoms with van der Waals surface area (Å²) < 4.78 is 21.8. The predicted octanol–water partition coefficient (Wildman–Crippen LogP) is 2.79. The van der Waals surface area contributed by atoms with E-state index >= 15 is 0 Å². The molecule has 1 N–H and O–H groups in total. The fourth-order valence-electron chi connectivity index (χ4n) is 3.77. The number of aryl methyl sites for hydroxylation is 1. The van der Waals surface area contributed by atoms with E-state index in [0.717, 1.165) is 24.8 Å². The molecule has 168 valence electrons. The Balaban J connectivity index is 1.55. The second-order valence-corrected chi connectivity index (χ2v) is 7.49. The standard InChI is InChI=1S/C22H25N5O5/c1-29-21(30-2)17-6-5-14-4-3-8-27(20(14)25-17)22(28)26-19-10-18(15(11-23)12-24-19)32-16-7-9-31-13-16/h5-6,10,12,16,21H,3-4,7-9,13H2,1-2H3,(H,24,26,28). The number of carbonyl (C=O) groups excluding carboxylic acids is 1. The number of rotatable bonds is 6. The van der Waals surface area contributed by atoms with Gasteiger partial charge in [0.15, 0.2) is 0 Å². The Kier molecular flexibility index (Phi) is 6.80. The van der Waals surface area contributed by atoms with Gasteiger partial charge < -0.3 is 18.9 Å². The van der Waals surface area contributed by atoms with Crippen molar-refractivity contribution in [3.8, 4) is 11.8 Å². The van der Waals surface area contributed by atoms with E-state index in [4.69, 9.17) is 18.9 Å². The summed E-state index contributed by atoms with van der Waals surface area (Å²) in [6, 6.07) is 7.05. The molecule has 2 amide bonds. The minimum absolute atomic E-state index is 0.126. The maximum absolute atomic E-state index is 13.1. The minimum atomic E-state index is -0.619. The van der Waals surface area contributed by atoms with Crippen LogP contribution < -0.4 is 15.0 Å². The van der Waals surface area contributed by atoms with E-state index in [0.29, 0.717) is 42.6 Å². The van der Waals surface area contributed by atoms with Gasteiger partial charge in [0, 0.05) is 33.3 Å². The third kappa shape index (κ3) is 4.65. The average Bonchev–Trinajstić information content (AvgIpc) is 3.33.